The number of nitrogens with two attached hydrogens (primary N) is 1. The molecule has 3 aromatic rings. The number of benzene rings is 2. The van der Waals surface area contributed by atoms with Gasteiger partial charge in [-0.15, -0.1) is 0 Å². The van der Waals surface area contributed by atoms with E-state index < -0.39 is 6.10 Å². The molecule has 0 bridgehead atoms. The van der Waals surface area contributed by atoms with Crippen molar-refractivity contribution in [3.8, 4) is 11.3 Å². The van der Waals surface area contributed by atoms with Gasteiger partial charge in [0.25, 0.3) is 0 Å². The topological polar surface area (TPSA) is 101 Å². The number of hydrogen-bond acceptors (Lipinski definition) is 5. The van der Waals surface area contributed by atoms with E-state index >= 15 is 0 Å². The van der Waals surface area contributed by atoms with Crippen LogP contribution in [0.3, 0.4) is 0 Å². The van der Waals surface area contributed by atoms with Gasteiger partial charge in [-0.05, 0) is 54.9 Å². The molecule has 0 spiro atoms. The number of rotatable bonds is 5. The van der Waals surface area contributed by atoms with Crippen LogP contribution in [0.15, 0.2) is 48.5 Å². The zero-order valence-corrected chi connectivity index (χ0v) is 18.8. The molecular weight excluding hydrogens is 412 g/mol. The predicted molar refractivity (Wildman–Crippen MR) is 130 cm³/mol. The van der Waals surface area contributed by atoms with Gasteiger partial charge in [0.2, 0.25) is 5.91 Å². The summed E-state index contributed by atoms with van der Waals surface area (Å²) < 4.78 is 0. The molecule has 170 valence electrons. The molecule has 6 nitrogen and oxygen atoms in total. The van der Waals surface area contributed by atoms with Crippen LogP contribution in [0.25, 0.3) is 11.3 Å². The van der Waals surface area contributed by atoms with E-state index in [0.29, 0.717) is 35.8 Å². The standard InChI is InChI=1S/C27H30N4O2/c28-20-12-13-21-19(16-20)11-14-22-24(21)31-25(26(33)18-9-5-2-6-10-18)27(29-22)30-23(32)15-17-7-3-1-4-8-17/h2,5-6,9-10,12-13,16-17,26,33H,1,3-4,7-8,11,14-15,28H2,(H,29,30,32). The molecule has 1 atom stereocenters. The molecule has 2 aliphatic rings. The number of nitrogens with one attached hydrogen (secondary N) is 1. The first-order valence-corrected chi connectivity index (χ1v) is 11.9. The highest BCUT2D eigenvalue weighted by Crippen LogP contribution is 2.36. The van der Waals surface area contributed by atoms with Crippen LogP contribution in [0, 0.1) is 5.92 Å². The summed E-state index contributed by atoms with van der Waals surface area (Å²) in [5.41, 5.74) is 11.5. The van der Waals surface area contributed by atoms with Crippen molar-refractivity contribution in [3.05, 3.63) is 71.0 Å². The summed E-state index contributed by atoms with van der Waals surface area (Å²) >= 11 is 0. The van der Waals surface area contributed by atoms with Crippen molar-refractivity contribution >= 4 is 17.4 Å². The maximum atomic E-state index is 12.9. The molecule has 1 heterocycles. The molecule has 2 aromatic carbocycles. The van der Waals surface area contributed by atoms with E-state index in [1.165, 1.54) is 19.3 Å². The van der Waals surface area contributed by atoms with Crippen LogP contribution in [-0.4, -0.2) is 21.0 Å². The first-order valence-electron chi connectivity index (χ1n) is 11.9. The molecule has 1 amide bonds. The third kappa shape index (κ3) is 4.62. The summed E-state index contributed by atoms with van der Waals surface area (Å²) in [5.74, 6) is 0.732. The summed E-state index contributed by atoms with van der Waals surface area (Å²) in [7, 11) is 0. The van der Waals surface area contributed by atoms with Crippen LogP contribution in [-0.2, 0) is 17.6 Å². The summed E-state index contributed by atoms with van der Waals surface area (Å²) in [6.45, 7) is 0. The summed E-state index contributed by atoms with van der Waals surface area (Å²) in [6.07, 6.45) is 6.87. The Labute approximate surface area is 194 Å². The fraction of sp³-hybridized carbons (Fsp3) is 0.370. The van der Waals surface area contributed by atoms with Gasteiger partial charge >= 0.3 is 0 Å². The fourth-order valence-corrected chi connectivity index (χ4v) is 5.09. The highest BCUT2D eigenvalue weighted by molar-refractivity contribution is 5.91. The van der Waals surface area contributed by atoms with Gasteiger partial charge in [-0.3, -0.25) is 4.79 Å². The SMILES string of the molecule is Nc1ccc2c(c1)CCc1nc(NC(=O)CC3CCCCC3)c(C(O)c3ccccc3)nc1-2. The molecule has 0 aliphatic heterocycles. The Kier molecular flexibility index (Phi) is 6.09. The average molecular weight is 443 g/mol. The van der Waals surface area contributed by atoms with Crippen LogP contribution in [0.5, 0.6) is 0 Å². The predicted octanol–water partition coefficient (Wildman–Crippen LogP) is 4.82. The Bertz CT molecular complexity index is 1160. The minimum atomic E-state index is -0.992. The van der Waals surface area contributed by atoms with Crippen molar-refractivity contribution in [2.75, 3.05) is 11.1 Å². The second-order valence-electron chi connectivity index (χ2n) is 9.24. The van der Waals surface area contributed by atoms with Crippen molar-refractivity contribution in [2.24, 2.45) is 5.92 Å². The summed E-state index contributed by atoms with van der Waals surface area (Å²) in [6, 6.07) is 15.2. The van der Waals surface area contributed by atoms with Gasteiger partial charge in [0, 0.05) is 17.7 Å². The molecule has 33 heavy (non-hydrogen) atoms. The highest BCUT2D eigenvalue weighted by atomic mass is 16.3. The summed E-state index contributed by atoms with van der Waals surface area (Å²) in [4.78, 5) is 22.6. The Balaban J connectivity index is 1.52. The number of aromatic nitrogens is 2. The molecule has 2 aliphatic carbocycles. The third-order valence-electron chi connectivity index (χ3n) is 6.84. The largest absolute Gasteiger partial charge is 0.399 e. The van der Waals surface area contributed by atoms with Crippen molar-refractivity contribution in [2.45, 2.75) is 57.5 Å². The smallest absolute Gasteiger partial charge is 0.225 e. The number of carbonyl (C=O) groups excluding carboxylic acids is 1. The lowest BCUT2D eigenvalue weighted by molar-refractivity contribution is -0.117. The minimum Gasteiger partial charge on any atom is -0.399 e. The second kappa shape index (κ2) is 9.32. The number of aliphatic hydroxyl groups is 1. The molecule has 1 fully saturated rings. The zero-order valence-electron chi connectivity index (χ0n) is 18.8. The van der Waals surface area contributed by atoms with Crippen LogP contribution < -0.4 is 11.1 Å². The number of nitrogens with zero attached hydrogens (tertiary/aromatic N) is 2. The summed E-state index contributed by atoms with van der Waals surface area (Å²) in [5, 5.41) is 14.2. The van der Waals surface area contributed by atoms with Crippen LogP contribution in [0.1, 0.15) is 67.1 Å². The number of amides is 1. The monoisotopic (exact) mass is 442 g/mol. The number of anilines is 2. The highest BCUT2D eigenvalue weighted by Gasteiger charge is 2.27. The number of carbonyl (C=O) groups is 1. The first kappa shape index (κ1) is 21.6. The third-order valence-corrected chi connectivity index (χ3v) is 6.84. The van der Waals surface area contributed by atoms with E-state index in [9.17, 15) is 9.90 Å². The van der Waals surface area contributed by atoms with Crippen LogP contribution >= 0.6 is 0 Å². The second-order valence-corrected chi connectivity index (χ2v) is 9.24. The zero-order chi connectivity index (χ0) is 22.8. The van der Waals surface area contributed by atoms with Gasteiger partial charge in [0.1, 0.15) is 11.8 Å². The molecule has 5 rings (SSSR count). The lowest BCUT2D eigenvalue weighted by Crippen LogP contribution is -2.22. The van der Waals surface area contributed by atoms with Gasteiger partial charge in [0.15, 0.2) is 5.82 Å². The lowest BCUT2D eigenvalue weighted by atomic mass is 9.87. The van der Waals surface area contributed by atoms with Gasteiger partial charge < -0.3 is 16.2 Å². The Morgan fingerprint density at radius 2 is 1.85 bits per heavy atom. The van der Waals surface area contributed by atoms with Gasteiger partial charge in [-0.2, -0.15) is 0 Å². The Morgan fingerprint density at radius 3 is 2.64 bits per heavy atom. The van der Waals surface area contributed by atoms with Crippen LogP contribution in [0.4, 0.5) is 11.5 Å². The Hall–Kier alpha value is -3.25. The number of nitrogen functional groups attached to an aromatic ring is 1. The molecule has 1 saturated carbocycles. The quantitative estimate of drug-likeness (QED) is 0.492. The first-order chi connectivity index (χ1) is 16.1. The van der Waals surface area contributed by atoms with Crippen molar-refractivity contribution in [1.82, 2.24) is 9.97 Å². The Morgan fingerprint density at radius 1 is 1.06 bits per heavy atom. The van der Waals surface area contributed by atoms with E-state index in [1.54, 1.807) is 0 Å². The fourth-order valence-electron chi connectivity index (χ4n) is 5.09. The molecule has 0 radical (unpaired) electrons. The average Bonchev–Trinajstić information content (AvgIpc) is 2.84. The van der Waals surface area contributed by atoms with E-state index in [0.717, 1.165) is 47.5 Å². The van der Waals surface area contributed by atoms with E-state index in [2.05, 4.69) is 5.32 Å². The molecule has 6 heteroatoms. The number of hydrogen-bond donors (Lipinski definition) is 3. The van der Waals surface area contributed by atoms with E-state index in [4.69, 9.17) is 15.7 Å². The molecule has 1 unspecified atom stereocenters. The number of fused-ring (bicyclic) bond motifs is 3. The van der Waals surface area contributed by atoms with Crippen LogP contribution in [0.2, 0.25) is 0 Å². The number of aryl methyl sites for hydroxylation is 2. The van der Waals surface area contributed by atoms with Gasteiger partial charge in [-0.25, -0.2) is 9.97 Å². The number of aliphatic hydroxyl groups excluding tert-OH is 1. The molecular formula is C27H30N4O2. The van der Waals surface area contributed by atoms with Crippen molar-refractivity contribution < 1.29 is 9.90 Å². The molecule has 1 aromatic heterocycles. The van der Waals surface area contributed by atoms with Gasteiger partial charge in [0.05, 0.1) is 11.4 Å². The normalized spacial score (nSPS) is 16.5. The van der Waals surface area contributed by atoms with Crippen molar-refractivity contribution in [3.63, 3.8) is 0 Å². The molecule has 4 N–H and O–H groups in total. The maximum Gasteiger partial charge on any atom is 0.225 e. The van der Waals surface area contributed by atoms with E-state index in [-0.39, 0.29) is 5.91 Å². The van der Waals surface area contributed by atoms with E-state index in [1.807, 2.05) is 48.5 Å². The van der Waals surface area contributed by atoms with Crippen molar-refractivity contribution in [1.29, 1.82) is 0 Å². The maximum absolute atomic E-state index is 12.9. The minimum absolute atomic E-state index is 0.0540. The lowest BCUT2D eigenvalue weighted by Gasteiger charge is -2.24. The molecule has 0 saturated heterocycles. The van der Waals surface area contributed by atoms with Gasteiger partial charge in [-0.1, -0.05) is 55.7 Å².